The molecule has 0 heterocycles. The molecule has 3 nitrogen and oxygen atoms in total. The van der Waals surface area contributed by atoms with E-state index in [0.29, 0.717) is 29.5 Å². The first kappa shape index (κ1) is 19.9. The number of nitrogens with one attached hydrogen (secondary N) is 2. The summed E-state index contributed by atoms with van der Waals surface area (Å²) in [5, 5.41) is 10.6. The Labute approximate surface area is 131 Å². The molecule has 0 aliphatic carbocycles. The molecule has 0 rings (SSSR count). The lowest BCUT2D eigenvalue weighted by Crippen LogP contribution is -2.28. The van der Waals surface area contributed by atoms with Gasteiger partial charge in [-0.25, -0.2) is 0 Å². The Hall–Kier alpha value is -1.12. The largest absolute Gasteiger partial charge is 0.351 e. The summed E-state index contributed by atoms with van der Waals surface area (Å²) in [5.41, 5.74) is 0.542. The molecular formula is C18H35N3. The number of aliphatic imine (C=N–C) groups is 1. The predicted molar refractivity (Wildman–Crippen MR) is 95.3 cm³/mol. The van der Waals surface area contributed by atoms with Gasteiger partial charge in [0.05, 0.1) is 11.9 Å². The molecule has 0 aromatic rings. The van der Waals surface area contributed by atoms with Crippen LogP contribution in [-0.4, -0.2) is 17.6 Å². The zero-order valence-electron chi connectivity index (χ0n) is 15.0. The minimum absolute atomic E-state index is 0.381. The topological polar surface area (TPSA) is 48.2 Å². The van der Waals surface area contributed by atoms with Crippen LogP contribution in [0.4, 0.5) is 0 Å². The SMILES string of the molecule is CCC(C)C(CC)C(CC(C)C)N=C(C)N/C=C\C(C)=N. The van der Waals surface area contributed by atoms with Crippen LogP contribution in [0.15, 0.2) is 17.3 Å². The van der Waals surface area contributed by atoms with E-state index in [1.165, 1.54) is 12.8 Å². The van der Waals surface area contributed by atoms with Crippen LogP contribution in [0.2, 0.25) is 0 Å². The highest BCUT2D eigenvalue weighted by molar-refractivity contribution is 5.90. The van der Waals surface area contributed by atoms with E-state index in [4.69, 9.17) is 10.4 Å². The summed E-state index contributed by atoms with van der Waals surface area (Å²) >= 11 is 0. The highest BCUT2D eigenvalue weighted by Gasteiger charge is 2.24. The molecule has 122 valence electrons. The molecule has 0 fully saturated rings. The molecule has 0 saturated carbocycles. The second-order valence-corrected chi connectivity index (χ2v) is 6.53. The summed E-state index contributed by atoms with van der Waals surface area (Å²) in [6.07, 6.45) is 7.08. The monoisotopic (exact) mass is 293 g/mol. The van der Waals surface area contributed by atoms with E-state index in [1.54, 1.807) is 19.2 Å². The molecule has 3 atom stereocenters. The lowest BCUT2D eigenvalue weighted by Gasteiger charge is -2.29. The number of hydrogen-bond acceptors (Lipinski definition) is 2. The van der Waals surface area contributed by atoms with Crippen molar-refractivity contribution in [2.24, 2.45) is 22.7 Å². The molecule has 0 spiro atoms. The third kappa shape index (κ3) is 8.69. The van der Waals surface area contributed by atoms with Crippen molar-refractivity contribution in [3.05, 3.63) is 12.3 Å². The van der Waals surface area contributed by atoms with Crippen molar-refractivity contribution >= 4 is 11.5 Å². The van der Waals surface area contributed by atoms with E-state index < -0.39 is 0 Å². The van der Waals surface area contributed by atoms with E-state index >= 15 is 0 Å². The lowest BCUT2D eigenvalue weighted by atomic mass is 9.80. The van der Waals surface area contributed by atoms with Crippen molar-refractivity contribution in [2.75, 3.05) is 0 Å². The number of amidine groups is 1. The fraction of sp³-hybridized carbons (Fsp3) is 0.778. The molecule has 0 aliphatic rings. The highest BCUT2D eigenvalue weighted by Crippen LogP contribution is 2.28. The van der Waals surface area contributed by atoms with Crippen LogP contribution in [0, 0.1) is 23.2 Å². The second kappa shape index (κ2) is 10.6. The molecule has 0 amide bonds. The fourth-order valence-corrected chi connectivity index (χ4v) is 2.74. The van der Waals surface area contributed by atoms with Crippen LogP contribution in [0.1, 0.15) is 67.7 Å². The number of allylic oxidation sites excluding steroid dienone is 1. The molecule has 0 bridgehead atoms. The molecule has 0 radical (unpaired) electrons. The van der Waals surface area contributed by atoms with Gasteiger partial charge in [0.1, 0.15) is 0 Å². The first-order valence-electron chi connectivity index (χ1n) is 8.34. The Morgan fingerprint density at radius 1 is 1.14 bits per heavy atom. The minimum atomic E-state index is 0.381. The lowest BCUT2D eigenvalue weighted by molar-refractivity contribution is 0.259. The van der Waals surface area contributed by atoms with Crippen LogP contribution in [0.3, 0.4) is 0 Å². The van der Waals surface area contributed by atoms with Gasteiger partial charge in [0.25, 0.3) is 0 Å². The Balaban J connectivity index is 4.99. The smallest absolute Gasteiger partial charge is 0.0974 e. The summed E-state index contributed by atoms with van der Waals surface area (Å²) in [6, 6.07) is 0.381. The Bertz CT molecular complexity index is 355. The molecular weight excluding hydrogens is 258 g/mol. The van der Waals surface area contributed by atoms with Gasteiger partial charge in [0, 0.05) is 11.9 Å². The van der Waals surface area contributed by atoms with Gasteiger partial charge in [-0.2, -0.15) is 0 Å². The van der Waals surface area contributed by atoms with Crippen LogP contribution in [-0.2, 0) is 0 Å². The molecule has 0 saturated heterocycles. The Morgan fingerprint density at radius 3 is 2.19 bits per heavy atom. The first-order valence-corrected chi connectivity index (χ1v) is 8.34. The second-order valence-electron chi connectivity index (χ2n) is 6.53. The fourth-order valence-electron chi connectivity index (χ4n) is 2.74. The molecule has 2 N–H and O–H groups in total. The number of rotatable bonds is 9. The van der Waals surface area contributed by atoms with E-state index in [9.17, 15) is 0 Å². The normalized spacial score (nSPS) is 17.0. The summed E-state index contributed by atoms with van der Waals surface area (Å²) < 4.78 is 0. The van der Waals surface area contributed by atoms with Crippen molar-refractivity contribution in [1.82, 2.24) is 5.32 Å². The molecule has 3 unspecified atom stereocenters. The summed E-state index contributed by atoms with van der Waals surface area (Å²) in [6.45, 7) is 15.2. The van der Waals surface area contributed by atoms with E-state index in [1.807, 2.05) is 6.92 Å². The van der Waals surface area contributed by atoms with E-state index in [-0.39, 0.29) is 0 Å². The van der Waals surface area contributed by atoms with Crippen LogP contribution < -0.4 is 5.32 Å². The molecule has 3 heteroatoms. The standard InChI is InChI=1S/C18H35N3/c1-8-14(5)17(9-2)18(12-13(3)4)21-16(7)20-11-10-15(6)19/h10-11,13-14,17-19H,8-9,12H2,1-7H3,(H,20,21)/b11-10-,19-15?. The Morgan fingerprint density at radius 2 is 1.76 bits per heavy atom. The maximum atomic E-state index is 7.39. The zero-order chi connectivity index (χ0) is 16.4. The van der Waals surface area contributed by atoms with Gasteiger partial charge in [0.15, 0.2) is 0 Å². The van der Waals surface area contributed by atoms with Crippen LogP contribution in [0.5, 0.6) is 0 Å². The third-order valence-corrected chi connectivity index (χ3v) is 4.04. The average Bonchev–Trinajstić information content (AvgIpc) is 2.37. The zero-order valence-corrected chi connectivity index (χ0v) is 15.0. The van der Waals surface area contributed by atoms with Gasteiger partial charge < -0.3 is 10.7 Å². The quantitative estimate of drug-likeness (QED) is 0.454. The van der Waals surface area contributed by atoms with Crippen molar-refractivity contribution in [3.63, 3.8) is 0 Å². The van der Waals surface area contributed by atoms with Gasteiger partial charge in [-0.05, 0) is 44.1 Å². The maximum Gasteiger partial charge on any atom is 0.0974 e. The Kier molecular flexibility index (Phi) is 10.0. The molecule has 0 aromatic heterocycles. The average molecular weight is 293 g/mol. The van der Waals surface area contributed by atoms with Gasteiger partial charge in [-0.1, -0.05) is 47.5 Å². The summed E-state index contributed by atoms with van der Waals surface area (Å²) in [7, 11) is 0. The van der Waals surface area contributed by atoms with Gasteiger partial charge in [-0.3, -0.25) is 4.99 Å². The summed E-state index contributed by atoms with van der Waals surface area (Å²) in [5.74, 6) is 2.95. The number of hydrogen-bond donors (Lipinski definition) is 2. The first-order chi connectivity index (χ1) is 9.81. The molecule has 0 aromatic carbocycles. The molecule has 0 aliphatic heterocycles. The van der Waals surface area contributed by atoms with Gasteiger partial charge >= 0.3 is 0 Å². The third-order valence-electron chi connectivity index (χ3n) is 4.04. The van der Waals surface area contributed by atoms with E-state index in [2.05, 4.69) is 39.9 Å². The van der Waals surface area contributed by atoms with Crippen molar-refractivity contribution < 1.29 is 0 Å². The van der Waals surface area contributed by atoms with Crippen molar-refractivity contribution in [1.29, 1.82) is 5.41 Å². The summed E-state index contributed by atoms with van der Waals surface area (Å²) in [4.78, 5) is 4.94. The maximum absolute atomic E-state index is 7.39. The highest BCUT2D eigenvalue weighted by atomic mass is 15.0. The molecule has 21 heavy (non-hydrogen) atoms. The van der Waals surface area contributed by atoms with E-state index in [0.717, 1.165) is 12.3 Å². The van der Waals surface area contributed by atoms with Gasteiger partial charge in [0.2, 0.25) is 0 Å². The van der Waals surface area contributed by atoms with Crippen LogP contribution in [0.25, 0.3) is 0 Å². The minimum Gasteiger partial charge on any atom is -0.351 e. The van der Waals surface area contributed by atoms with Crippen molar-refractivity contribution in [3.8, 4) is 0 Å². The van der Waals surface area contributed by atoms with Crippen molar-refractivity contribution in [2.45, 2.75) is 73.8 Å². The van der Waals surface area contributed by atoms with Gasteiger partial charge in [-0.15, -0.1) is 0 Å². The number of nitrogens with zero attached hydrogens (tertiary/aromatic N) is 1. The van der Waals surface area contributed by atoms with Crippen LogP contribution >= 0.6 is 0 Å². The predicted octanol–water partition coefficient (Wildman–Crippen LogP) is 5.03.